The molecule has 9 heteroatoms. The van der Waals surface area contributed by atoms with Gasteiger partial charge in [0.1, 0.15) is 22.7 Å². The number of rotatable bonds is 14. The van der Waals surface area contributed by atoms with Crippen LogP contribution < -0.4 is 9.31 Å². The molecule has 0 saturated carbocycles. The highest BCUT2D eigenvalue weighted by Crippen LogP contribution is 2.19. The maximum atomic E-state index is 12.9. The molecule has 0 heterocycles. The van der Waals surface area contributed by atoms with Gasteiger partial charge in [-0.25, -0.2) is 9.59 Å². The van der Waals surface area contributed by atoms with Crippen molar-refractivity contribution in [3.63, 3.8) is 0 Å². The Kier molecular flexibility index (Phi) is 13.2. The van der Waals surface area contributed by atoms with Gasteiger partial charge in [-0.3, -0.25) is 0 Å². The number of hydrogen-bond donors (Lipinski definition) is 0. The fraction of sp³-hybridized carbons (Fsp3) is 0.350. The van der Waals surface area contributed by atoms with Crippen LogP contribution >= 0.6 is 0 Å². The molecule has 0 aliphatic carbocycles. The third-order valence-electron chi connectivity index (χ3n) is 7.37. The molecule has 0 aliphatic heterocycles. The van der Waals surface area contributed by atoms with E-state index in [9.17, 15) is 9.59 Å². The van der Waals surface area contributed by atoms with Gasteiger partial charge in [0.05, 0.1) is 0 Å². The van der Waals surface area contributed by atoms with Gasteiger partial charge in [-0.15, -0.1) is 0 Å². The van der Waals surface area contributed by atoms with Gasteiger partial charge in [0.25, 0.3) is 0 Å². The third-order valence-corrected chi connectivity index (χ3v) is 7.37. The summed E-state index contributed by atoms with van der Waals surface area (Å²) in [6.45, 7) is 13.3. The monoisotopic (exact) mass is 664 g/mol. The lowest BCUT2D eigenvalue weighted by molar-refractivity contribution is 0.0225. The van der Waals surface area contributed by atoms with Crippen LogP contribution in [-0.4, -0.2) is 54.0 Å². The Balaban J connectivity index is 1.24. The molecular weight excluding hydrogens is 615 g/mol. The van der Waals surface area contributed by atoms with Gasteiger partial charge in [-0.05, 0) is 101 Å². The second kappa shape index (κ2) is 17.5. The van der Waals surface area contributed by atoms with Crippen molar-refractivity contribution < 1.29 is 28.4 Å². The van der Waals surface area contributed by atoms with Crippen LogP contribution in [0, 0.1) is 0 Å². The molecule has 4 rings (SSSR count). The summed E-state index contributed by atoms with van der Waals surface area (Å²) in [5.41, 5.74) is 3.14. The first-order chi connectivity index (χ1) is 23.3. The lowest BCUT2D eigenvalue weighted by atomic mass is 10.1. The van der Waals surface area contributed by atoms with E-state index >= 15 is 0 Å². The van der Waals surface area contributed by atoms with Crippen molar-refractivity contribution in [2.75, 3.05) is 13.1 Å². The summed E-state index contributed by atoms with van der Waals surface area (Å²) in [6, 6.07) is 35.5. The Bertz CT molecular complexity index is 1460. The predicted octanol–water partition coefficient (Wildman–Crippen LogP) is 8.37. The molecule has 0 fully saturated rings. The van der Waals surface area contributed by atoms with E-state index in [1.807, 2.05) is 151 Å². The fourth-order valence-electron chi connectivity index (χ4n) is 4.93. The third kappa shape index (κ3) is 13.6. The summed E-state index contributed by atoms with van der Waals surface area (Å²) in [6.07, 6.45) is 0.702. The van der Waals surface area contributed by atoms with Crippen LogP contribution in [0.25, 0.3) is 0 Å². The molecular formula is C40H49BN2O6. The second-order valence-corrected chi connectivity index (χ2v) is 14.0. The summed E-state index contributed by atoms with van der Waals surface area (Å²) in [4.78, 5) is 29.3. The lowest BCUT2D eigenvalue weighted by Gasteiger charge is -2.27. The second-order valence-electron chi connectivity index (χ2n) is 14.0. The van der Waals surface area contributed by atoms with Crippen LogP contribution in [-0.2, 0) is 35.4 Å². The Morgan fingerprint density at radius 2 is 0.857 bits per heavy atom. The normalized spacial score (nSPS) is 11.3. The molecule has 0 radical (unpaired) electrons. The molecule has 8 nitrogen and oxygen atoms in total. The van der Waals surface area contributed by atoms with Gasteiger partial charge in [-0.1, -0.05) is 84.9 Å². The van der Waals surface area contributed by atoms with Crippen LogP contribution in [0.5, 0.6) is 11.5 Å². The van der Waals surface area contributed by atoms with Crippen LogP contribution in [0.3, 0.4) is 0 Å². The largest absolute Gasteiger partial charge is 0.576 e. The lowest BCUT2D eigenvalue weighted by Crippen LogP contribution is -2.37. The molecule has 0 saturated heterocycles. The Hall–Kier alpha value is -4.92. The average molecular weight is 665 g/mol. The standard InChI is InChI=1S/C40H49BN2O6/c1-39(2,3)46-37(44)42(29-33-13-9-7-10-14-33)27-25-31-17-21-35(22-18-31)48-41-49-36-23-19-32(20-24-36)26-28-43(38(45)47-40(4,5)6)30-34-15-11-8-12-16-34/h7-24,41H,25-30H2,1-6H3. The number of benzene rings is 4. The molecule has 2 amide bonds. The fourth-order valence-corrected chi connectivity index (χ4v) is 4.93. The molecule has 0 aromatic heterocycles. The van der Waals surface area contributed by atoms with E-state index in [1.165, 1.54) is 0 Å². The van der Waals surface area contributed by atoms with Crippen LogP contribution in [0.4, 0.5) is 9.59 Å². The van der Waals surface area contributed by atoms with Gasteiger partial charge < -0.3 is 28.6 Å². The van der Waals surface area contributed by atoms with Gasteiger partial charge in [0.15, 0.2) is 0 Å². The SMILES string of the molecule is CC(C)(C)OC(=O)N(CCc1ccc(OBOc2ccc(CCN(Cc3ccccc3)C(=O)OC(C)(C)C)cc2)cc1)Cc1ccccc1. The van der Waals surface area contributed by atoms with Crippen molar-refractivity contribution in [3.05, 3.63) is 131 Å². The van der Waals surface area contributed by atoms with Crippen molar-refractivity contribution in [1.29, 1.82) is 0 Å². The van der Waals surface area contributed by atoms with Crippen molar-refractivity contribution in [1.82, 2.24) is 9.80 Å². The summed E-state index contributed by atoms with van der Waals surface area (Å²) in [7, 11) is 0.0612. The highest BCUT2D eigenvalue weighted by atomic mass is 16.6. The molecule has 0 atom stereocenters. The van der Waals surface area contributed by atoms with E-state index in [0.717, 1.165) is 22.3 Å². The number of hydrogen-bond acceptors (Lipinski definition) is 6. The molecule has 0 bridgehead atoms. The summed E-state index contributed by atoms with van der Waals surface area (Å²) in [5.74, 6) is 1.38. The van der Waals surface area contributed by atoms with Crippen molar-refractivity contribution in [2.24, 2.45) is 0 Å². The van der Waals surface area contributed by atoms with E-state index in [1.54, 1.807) is 9.80 Å². The first kappa shape index (κ1) is 36.9. The zero-order chi connectivity index (χ0) is 35.3. The maximum absolute atomic E-state index is 12.9. The number of amides is 2. The van der Waals surface area contributed by atoms with Gasteiger partial charge in [-0.2, -0.15) is 0 Å². The van der Waals surface area contributed by atoms with Crippen LogP contribution in [0.2, 0.25) is 0 Å². The van der Waals surface area contributed by atoms with Gasteiger partial charge >= 0.3 is 19.9 Å². The number of ether oxygens (including phenoxy) is 2. The predicted molar refractivity (Wildman–Crippen MR) is 195 cm³/mol. The van der Waals surface area contributed by atoms with Gasteiger partial charge in [0.2, 0.25) is 0 Å². The van der Waals surface area contributed by atoms with E-state index in [2.05, 4.69) is 0 Å². The molecule has 0 spiro atoms. The van der Waals surface area contributed by atoms with Crippen molar-refractivity contribution >= 4 is 19.9 Å². The average Bonchev–Trinajstić information content (AvgIpc) is 3.05. The minimum Gasteiger partial charge on any atom is -0.529 e. The van der Waals surface area contributed by atoms with Crippen LogP contribution in [0.15, 0.2) is 109 Å². The van der Waals surface area contributed by atoms with E-state index in [0.29, 0.717) is 50.5 Å². The van der Waals surface area contributed by atoms with Crippen molar-refractivity contribution in [2.45, 2.75) is 78.7 Å². The number of carbonyl (C=O) groups excluding carboxylic acids is 2. The van der Waals surface area contributed by atoms with Gasteiger partial charge in [0, 0.05) is 26.2 Å². The molecule has 4 aromatic carbocycles. The summed E-state index contributed by atoms with van der Waals surface area (Å²) < 4.78 is 23.0. The summed E-state index contributed by atoms with van der Waals surface area (Å²) in [5, 5.41) is 0. The molecule has 0 aliphatic rings. The van der Waals surface area contributed by atoms with E-state index < -0.39 is 11.2 Å². The number of nitrogens with zero attached hydrogens (tertiary/aromatic N) is 2. The minimum atomic E-state index is -0.567. The Morgan fingerprint density at radius 3 is 1.18 bits per heavy atom. The zero-order valence-corrected chi connectivity index (χ0v) is 29.7. The number of carbonyl (C=O) groups is 2. The molecule has 4 aromatic rings. The summed E-state index contributed by atoms with van der Waals surface area (Å²) >= 11 is 0. The molecule has 0 unspecified atom stereocenters. The van der Waals surface area contributed by atoms with E-state index in [-0.39, 0.29) is 19.9 Å². The molecule has 49 heavy (non-hydrogen) atoms. The van der Waals surface area contributed by atoms with E-state index in [4.69, 9.17) is 18.8 Å². The topological polar surface area (TPSA) is 77.5 Å². The Morgan fingerprint density at radius 1 is 0.510 bits per heavy atom. The quantitative estimate of drug-likeness (QED) is 0.126. The maximum Gasteiger partial charge on any atom is 0.576 e. The highest BCUT2D eigenvalue weighted by Gasteiger charge is 2.23. The molecule has 258 valence electrons. The van der Waals surface area contributed by atoms with Crippen molar-refractivity contribution in [3.8, 4) is 11.5 Å². The first-order valence-electron chi connectivity index (χ1n) is 16.8. The van der Waals surface area contributed by atoms with Crippen LogP contribution in [0.1, 0.15) is 63.8 Å². The minimum absolute atomic E-state index is 0.0612. The Labute approximate surface area is 292 Å². The highest BCUT2D eigenvalue weighted by molar-refractivity contribution is 6.20. The molecule has 0 N–H and O–H groups in total. The first-order valence-corrected chi connectivity index (χ1v) is 16.8. The zero-order valence-electron chi connectivity index (χ0n) is 29.7. The smallest absolute Gasteiger partial charge is 0.529 e.